The van der Waals surface area contributed by atoms with Gasteiger partial charge >= 0.3 is 18.0 Å². The number of aliphatic carboxylic acids is 1. The molecule has 1 rings (SSSR count). The summed E-state index contributed by atoms with van der Waals surface area (Å²) in [5.74, 6) is -0.625. The summed E-state index contributed by atoms with van der Waals surface area (Å²) in [6.45, 7) is 1.90. The molecule has 0 atom stereocenters. The summed E-state index contributed by atoms with van der Waals surface area (Å²) in [5.41, 5.74) is 0. The van der Waals surface area contributed by atoms with E-state index in [9.17, 15) is 14.4 Å². The van der Waals surface area contributed by atoms with E-state index in [1.165, 1.54) is 4.90 Å². The van der Waals surface area contributed by atoms with E-state index >= 15 is 0 Å². The highest BCUT2D eigenvalue weighted by Crippen LogP contribution is 2.20. The molecule has 0 radical (unpaired) electrons. The summed E-state index contributed by atoms with van der Waals surface area (Å²) in [4.78, 5) is 36.9. The first-order valence-corrected chi connectivity index (χ1v) is 7.10. The molecule has 0 bridgehead atoms. The quantitative estimate of drug-likeness (QED) is 0.629. The predicted octanol–water partition coefficient (Wildman–Crippen LogP) is 0.154. The van der Waals surface area contributed by atoms with Gasteiger partial charge in [0.1, 0.15) is 0 Å². The SMILES string of the molecule is CN(C)C(=O)NCCNC(=O)N1CCC(CC(=O)O)CC1. The van der Waals surface area contributed by atoms with Crippen LogP contribution in [0.1, 0.15) is 19.3 Å². The minimum atomic E-state index is -0.783. The molecule has 0 saturated carbocycles. The van der Waals surface area contributed by atoms with Crippen LogP contribution in [0.4, 0.5) is 9.59 Å². The number of rotatable bonds is 5. The molecule has 1 fully saturated rings. The van der Waals surface area contributed by atoms with Gasteiger partial charge in [-0.05, 0) is 18.8 Å². The molecular formula is C13H24N4O4. The maximum atomic E-state index is 11.9. The summed E-state index contributed by atoms with van der Waals surface area (Å²) in [5, 5.41) is 14.1. The fourth-order valence-electron chi connectivity index (χ4n) is 2.20. The molecule has 21 heavy (non-hydrogen) atoms. The minimum absolute atomic E-state index is 0.158. The van der Waals surface area contributed by atoms with Gasteiger partial charge in [-0.25, -0.2) is 9.59 Å². The van der Waals surface area contributed by atoms with Gasteiger partial charge in [0, 0.05) is 46.7 Å². The van der Waals surface area contributed by atoms with Crippen molar-refractivity contribution in [2.45, 2.75) is 19.3 Å². The van der Waals surface area contributed by atoms with Gasteiger partial charge in [-0.1, -0.05) is 0 Å². The Morgan fingerprint density at radius 1 is 1.14 bits per heavy atom. The van der Waals surface area contributed by atoms with Gasteiger partial charge in [0.05, 0.1) is 0 Å². The van der Waals surface area contributed by atoms with Gasteiger partial charge < -0.3 is 25.5 Å². The second kappa shape index (κ2) is 8.33. The van der Waals surface area contributed by atoms with Crippen LogP contribution in [0.25, 0.3) is 0 Å². The Balaban J connectivity index is 2.16. The van der Waals surface area contributed by atoms with Crippen LogP contribution in [0.3, 0.4) is 0 Å². The third-order valence-electron chi connectivity index (χ3n) is 3.45. The van der Waals surface area contributed by atoms with E-state index in [-0.39, 0.29) is 24.4 Å². The summed E-state index contributed by atoms with van der Waals surface area (Å²) < 4.78 is 0. The lowest BCUT2D eigenvalue weighted by molar-refractivity contribution is -0.138. The third-order valence-corrected chi connectivity index (χ3v) is 3.45. The zero-order chi connectivity index (χ0) is 15.8. The molecule has 0 spiro atoms. The molecular weight excluding hydrogens is 276 g/mol. The van der Waals surface area contributed by atoms with Crippen molar-refractivity contribution in [3.63, 3.8) is 0 Å². The van der Waals surface area contributed by atoms with Crippen LogP contribution in [-0.4, -0.2) is 73.2 Å². The molecule has 3 N–H and O–H groups in total. The van der Waals surface area contributed by atoms with Crippen molar-refractivity contribution in [1.82, 2.24) is 20.4 Å². The van der Waals surface area contributed by atoms with Crippen LogP contribution in [0.2, 0.25) is 0 Å². The van der Waals surface area contributed by atoms with Crippen molar-refractivity contribution >= 4 is 18.0 Å². The van der Waals surface area contributed by atoms with Crippen molar-refractivity contribution in [2.24, 2.45) is 5.92 Å². The molecule has 0 aliphatic carbocycles. The molecule has 120 valence electrons. The van der Waals surface area contributed by atoms with E-state index < -0.39 is 5.97 Å². The number of carboxylic acids is 1. The Morgan fingerprint density at radius 2 is 1.71 bits per heavy atom. The van der Waals surface area contributed by atoms with E-state index in [2.05, 4.69) is 10.6 Å². The largest absolute Gasteiger partial charge is 0.481 e. The number of likely N-dealkylation sites (tertiary alicyclic amines) is 1. The molecule has 1 aliphatic heterocycles. The maximum absolute atomic E-state index is 11.9. The Hall–Kier alpha value is -1.99. The van der Waals surface area contributed by atoms with Crippen molar-refractivity contribution in [2.75, 3.05) is 40.3 Å². The summed E-state index contributed by atoms with van der Waals surface area (Å²) in [7, 11) is 3.30. The summed E-state index contributed by atoms with van der Waals surface area (Å²) in [6, 6.07) is -0.360. The number of nitrogens with zero attached hydrogens (tertiary/aromatic N) is 2. The number of carbonyl (C=O) groups excluding carboxylic acids is 2. The lowest BCUT2D eigenvalue weighted by atomic mass is 9.94. The van der Waals surface area contributed by atoms with Crippen molar-refractivity contribution in [3.8, 4) is 0 Å². The highest BCUT2D eigenvalue weighted by Gasteiger charge is 2.23. The van der Waals surface area contributed by atoms with Gasteiger partial charge in [0.25, 0.3) is 0 Å². The number of hydrogen-bond acceptors (Lipinski definition) is 3. The molecule has 4 amide bonds. The Kier molecular flexibility index (Phi) is 6.77. The Labute approximate surface area is 124 Å². The lowest BCUT2D eigenvalue weighted by Gasteiger charge is -2.31. The first-order valence-electron chi connectivity index (χ1n) is 7.10. The zero-order valence-corrected chi connectivity index (χ0v) is 12.6. The van der Waals surface area contributed by atoms with Gasteiger partial charge in [-0.2, -0.15) is 0 Å². The highest BCUT2D eigenvalue weighted by atomic mass is 16.4. The lowest BCUT2D eigenvalue weighted by Crippen LogP contribution is -2.47. The van der Waals surface area contributed by atoms with Gasteiger partial charge in [0.15, 0.2) is 0 Å². The molecule has 8 heteroatoms. The highest BCUT2D eigenvalue weighted by molar-refractivity contribution is 5.75. The van der Waals surface area contributed by atoms with E-state index in [0.29, 0.717) is 26.2 Å². The average molecular weight is 300 g/mol. The van der Waals surface area contributed by atoms with Crippen LogP contribution >= 0.6 is 0 Å². The molecule has 0 aromatic rings. The minimum Gasteiger partial charge on any atom is -0.481 e. The normalized spacial score (nSPS) is 15.4. The van der Waals surface area contributed by atoms with Crippen LogP contribution < -0.4 is 10.6 Å². The van der Waals surface area contributed by atoms with E-state index in [1.807, 2.05) is 0 Å². The van der Waals surface area contributed by atoms with Crippen LogP contribution in [0, 0.1) is 5.92 Å². The van der Waals surface area contributed by atoms with E-state index in [1.54, 1.807) is 19.0 Å². The van der Waals surface area contributed by atoms with E-state index in [4.69, 9.17) is 5.11 Å². The van der Waals surface area contributed by atoms with Crippen LogP contribution in [0.15, 0.2) is 0 Å². The Morgan fingerprint density at radius 3 is 2.24 bits per heavy atom. The Bertz CT molecular complexity index is 378. The number of hydrogen-bond donors (Lipinski definition) is 3. The first kappa shape index (κ1) is 17.1. The number of piperidine rings is 1. The van der Waals surface area contributed by atoms with Gasteiger partial charge in [-0.15, -0.1) is 0 Å². The second-order valence-electron chi connectivity index (χ2n) is 5.39. The van der Waals surface area contributed by atoms with Crippen LogP contribution in [0.5, 0.6) is 0 Å². The molecule has 0 unspecified atom stereocenters. The average Bonchev–Trinajstić information content (AvgIpc) is 2.43. The first-order chi connectivity index (χ1) is 9.90. The molecule has 1 heterocycles. The maximum Gasteiger partial charge on any atom is 0.317 e. The summed E-state index contributed by atoms with van der Waals surface area (Å²) >= 11 is 0. The number of carboxylic acid groups (broad SMARTS) is 1. The predicted molar refractivity (Wildman–Crippen MR) is 77.0 cm³/mol. The number of amides is 4. The van der Waals surface area contributed by atoms with Gasteiger partial charge in [0.2, 0.25) is 0 Å². The smallest absolute Gasteiger partial charge is 0.317 e. The van der Waals surface area contributed by atoms with Gasteiger partial charge in [-0.3, -0.25) is 4.79 Å². The fourth-order valence-corrected chi connectivity index (χ4v) is 2.20. The molecule has 1 saturated heterocycles. The van der Waals surface area contributed by atoms with Crippen molar-refractivity contribution in [3.05, 3.63) is 0 Å². The molecule has 0 aromatic heterocycles. The number of carbonyl (C=O) groups is 3. The topological polar surface area (TPSA) is 102 Å². The monoisotopic (exact) mass is 300 g/mol. The fraction of sp³-hybridized carbons (Fsp3) is 0.769. The van der Waals surface area contributed by atoms with Crippen LogP contribution in [-0.2, 0) is 4.79 Å². The second-order valence-corrected chi connectivity index (χ2v) is 5.39. The number of urea groups is 2. The zero-order valence-electron chi connectivity index (χ0n) is 12.6. The standard InChI is InChI=1S/C13H24N4O4/c1-16(2)12(20)14-5-6-15-13(21)17-7-3-10(4-8-17)9-11(18)19/h10H,3-9H2,1-2H3,(H,14,20)(H,15,21)(H,18,19). The van der Waals surface area contributed by atoms with Crippen molar-refractivity contribution < 1.29 is 19.5 Å². The molecule has 0 aromatic carbocycles. The number of nitrogens with one attached hydrogen (secondary N) is 2. The van der Waals surface area contributed by atoms with E-state index in [0.717, 1.165) is 12.8 Å². The third kappa shape index (κ3) is 6.33. The molecule has 8 nitrogen and oxygen atoms in total. The van der Waals surface area contributed by atoms with Crippen molar-refractivity contribution in [1.29, 1.82) is 0 Å². The molecule has 1 aliphatic rings. The summed E-state index contributed by atoms with van der Waals surface area (Å²) in [6.07, 6.45) is 1.61.